The number of alkyl halides is 3. The molecule has 6 nitrogen and oxygen atoms in total. The number of hydrazone groups is 1. The third-order valence-corrected chi connectivity index (χ3v) is 2.96. The Morgan fingerprint density at radius 1 is 1.33 bits per heavy atom. The van der Waals surface area contributed by atoms with Crippen LogP contribution in [0.4, 0.5) is 13.2 Å². The minimum absolute atomic E-state index is 0.0572. The summed E-state index contributed by atoms with van der Waals surface area (Å²) in [6.45, 7) is 0. The number of nitrogens with one attached hydrogen (secondary N) is 1. The Kier molecular flexibility index (Phi) is 4.17. The number of hydrogen-bond donors (Lipinski definition) is 2. The van der Waals surface area contributed by atoms with E-state index in [4.69, 9.17) is 5.11 Å². The Hall–Kier alpha value is -2.49. The number of halogens is 3. The Bertz CT molecular complexity index is 667. The zero-order valence-corrected chi connectivity index (χ0v) is 10.9. The van der Waals surface area contributed by atoms with Crippen LogP contribution in [0, 0.1) is 0 Å². The molecular weight excluding hydrogens is 309 g/mol. The van der Waals surface area contributed by atoms with Gasteiger partial charge in [-0.2, -0.15) is 18.3 Å². The predicted octanol–water partition coefficient (Wildman–Crippen LogP) is 2.03. The van der Waals surface area contributed by atoms with Gasteiger partial charge in [-0.15, -0.1) is 5.10 Å². The molecule has 0 atom stereocenters. The zero-order chi connectivity index (χ0) is 15.5. The Balaban J connectivity index is 2.06. The van der Waals surface area contributed by atoms with Gasteiger partial charge in [0.25, 0.3) is 5.91 Å². The van der Waals surface area contributed by atoms with E-state index >= 15 is 0 Å². The monoisotopic (exact) mass is 316 g/mol. The van der Waals surface area contributed by atoms with Gasteiger partial charge in [0.05, 0.1) is 6.21 Å². The average molecular weight is 316 g/mol. The number of carbonyl (C=O) groups is 1. The number of phenols is 1. The van der Waals surface area contributed by atoms with Crippen LogP contribution in [0.1, 0.15) is 20.9 Å². The van der Waals surface area contributed by atoms with Crippen LogP contribution in [-0.2, 0) is 6.18 Å². The van der Waals surface area contributed by atoms with Gasteiger partial charge in [-0.25, -0.2) is 5.43 Å². The Morgan fingerprint density at radius 2 is 2.00 bits per heavy atom. The fourth-order valence-corrected chi connectivity index (χ4v) is 1.88. The van der Waals surface area contributed by atoms with Gasteiger partial charge in [0.15, 0.2) is 5.69 Å². The van der Waals surface area contributed by atoms with Gasteiger partial charge < -0.3 is 5.11 Å². The average Bonchev–Trinajstić information content (AvgIpc) is 2.90. The van der Waals surface area contributed by atoms with E-state index in [0.717, 1.165) is 0 Å². The van der Waals surface area contributed by atoms with Crippen LogP contribution in [0.25, 0.3) is 0 Å². The van der Waals surface area contributed by atoms with E-state index in [1.165, 1.54) is 30.5 Å². The molecular formula is C11H7F3N4O2S. The van der Waals surface area contributed by atoms with Crippen molar-refractivity contribution in [1.82, 2.24) is 15.0 Å². The minimum atomic E-state index is -4.75. The van der Waals surface area contributed by atoms with Crippen LogP contribution in [0.15, 0.2) is 29.4 Å². The maximum absolute atomic E-state index is 12.5. The molecule has 0 aliphatic carbocycles. The molecule has 110 valence electrons. The van der Waals surface area contributed by atoms with E-state index < -0.39 is 22.7 Å². The molecule has 0 aliphatic rings. The summed E-state index contributed by atoms with van der Waals surface area (Å²) >= 11 is 0.333. The number of carbonyl (C=O) groups excluding carboxylic acids is 1. The Morgan fingerprint density at radius 3 is 2.62 bits per heavy atom. The minimum Gasteiger partial charge on any atom is -0.508 e. The lowest BCUT2D eigenvalue weighted by molar-refractivity contribution is -0.141. The molecule has 0 saturated heterocycles. The highest BCUT2D eigenvalue weighted by Crippen LogP contribution is 2.31. The summed E-state index contributed by atoms with van der Waals surface area (Å²) in [5.41, 5.74) is 1.16. The standard InChI is InChI=1S/C11H7F3N4O2S/c12-11(13,14)9-8(21-18-16-9)10(20)17-15-5-6-1-3-7(19)4-2-6/h1-5,19H,(H,17,20)/b15-5+. The number of nitrogens with zero attached hydrogens (tertiary/aromatic N) is 3. The predicted molar refractivity (Wildman–Crippen MR) is 68.1 cm³/mol. The molecule has 1 heterocycles. The van der Waals surface area contributed by atoms with Gasteiger partial charge in [0.2, 0.25) is 0 Å². The van der Waals surface area contributed by atoms with Gasteiger partial charge >= 0.3 is 6.18 Å². The van der Waals surface area contributed by atoms with Gasteiger partial charge in [-0.3, -0.25) is 4.79 Å². The van der Waals surface area contributed by atoms with Crippen molar-refractivity contribution in [2.24, 2.45) is 5.10 Å². The maximum Gasteiger partial charge on any atom is 0.436 e. The fourth-order valence-electron chi connectivity index (χ4n) is 1.30. The number of amides is 1. The summed E-state index contributed by atoms with van der Waals surface area (Å²) in [5.74, 6) is -0.992. The first-order valence-corrected chi connectivity index (χ1v) is 6.17. The summed E-state index contributed by atoms with van der Waals surface area (Å²) in [6, 6.07) is 5.83. The van der Waals surface area contributed by atoms with E-state index in [1.807, 2.05) is 5.43 Å². The summed E-state index contributed by atoms with van der Waals surface area (Å²) < 4.78 is 40.7. The number of rotatable bonds is 3. The Labute approximate surface area is 120 Å². The van der Waals surface area contributed by atoms with E-state index in [0.29, 0.717) is 17.1 Å². The smallest absolute Gasteiger partial charge is 0.436 e. The molecule has 0 aliphatic heterocycles. The van der Waals surface area contributed by atoms with Gasteiger partial charge in [-0.1, -0.05) is 4.49 Å². The number of phenolic OH excluding ortho intramolecular Hbond substituents is 1. The van der Waals surface area contributed by atoms with Crippen molar-refractivity contribution < 1.29 is 23.1 Å². The summed E-state index contributed by atoms with van der Waals surface area (Å²) in [6.07, 6.45) is -3.53. The largest absolute Gasteiger partial charge is 0.508 e. The summed E-state index contributed by atoms with van der Waals surface area (Å²) in [7, 11) is 0. The van der Waals surface area contributed by atoms with Crippen molar-refractivity contribution in [3.8, 4) is 5.75 Å². The highest BCUT2D eigenvalue weighted by atomic mass is 32.1. The maximum atomic E-state index is 12.5. The first kappa shape index (κ1) is 14.9. The van der Waals surface area contributed by atoms with Crippen molar-refractivity contribution in [2.45, 2.75) is 6.18 Å². The van der Waals surface area contributed by atoms with Crippen molar-refractivity contribution in [3.05, 3.63) is 40.4 Å². The first-order valence-electron chi connectivity index (χ1n) is 5.40. The van der Waals surface area contributed by atoms with Crippen molar-refractivity contribution in [3.63, 3.8) is 0 Å². The van der Waals surface area contributed by atoms with Crippen LogP contribution in [0.3, 0.4) is 0 Å². The number of hydrogen-bond acceptors (Lipinski definition) is 6. The lowest BCUT2D eigenvalue weighted by Crippen LogP contribution is -2.21. The molecule has 0 saturated carbocycles. The van der Waals surface area contributed by atoms with Crippen LogP contribution in [-0.4, -0.2) is 26.8 Å². The van der Waals surface area contributed by atoms with E-state index in [-0.39, 0.29) is 5.75 Å². The third kappa shape index (κ3) is 3.75. The van der Waals surface area contributed by atoms with Crippen molar-refractivity contribution >= 4 is 23.7 Å². The molecule has 21 heavy (non-hydrogen) atoms. The molecule has 2 aromatic rings. The van der Waals surface area contributed by atoms with E-state index in [9.17, 15) is 18.0 Å². The topological polar surface area (TPSA) is 87.5 Å². The third-order valence-electron chi connectivity index (χ3n) is 2.24. The van der Waals surface area contributed by atoms with Gasteiger partial charge in [0.1, 0.15) is 10.6 Å². The number of aromatic nitrogens is 2. The summed E-state index contributed by atoms with van der Waals surface area (Å²) in [5, 5.41) is 15.5. The molecule has 0 unspecified atom stereocenters. The molecule has 10 heteroatoms. The normalized spacial score (nSPS) is 11.8. The SMILES string of the molecule is O=C(N/N=C/c1ccc(O)cc1)c1snnc1C(F)(F)F. The van der Waals surface area contributed by atoms with Crippen LogP contribution < -0.4 is 5.43 Å². The highest BCUT2D eigenvalue weighted by molar-refractivity contribution is 7.08. The van der Waals surface area contributed by atoms with Gasteiger partial charge in [-0.05, 0) is 41.4 Å². The molecule has 0 spiro atoms. The van der Waals surface area contributed by atoms with E-state index in [1.54, 1.807) is 0 Å². The quantitative estimate of drug-likeness (QED) is 0.670. The summed E-state index contributed by atoms with van der Waals surface area (Å²) in [4.78, 5) is 10.9. The fraction of sp³-hybridized carbons (Fsp3) is 0.0909. The first-order chi connectivity index (χ1) is 9.88. The molecule has 0 fully saturated rings. The van der Waals surface area contributed by atoms with Crippen molar-refractivity contribution in [1.29, 1.82) is 0 Å². The molecule has 2 rings (SSSR count). The second kappa shape index (κ2) is 5.87. The van der Waals surface area contributed by atoms with Crippen molar-refractivity contribution in [2.75, 3.05) is 0 Å². The van der Waals surface area contributed by atoms with Crippen LogP contribution >= 0.6 is 11.5 Å². The van der Waals surface area contributed by atoms with E-state index in [2.05, 4.69) is 14.7 Å². The number of benzene rings is 1. The molecule has 0 bridgehead atoms. The molecule has 2 N–H and O–H groups in total. The lowest BCUT2D eigenvalue weighted by atomic mass is 10.2. The van der Waals surface area contributed by atoms with Crippen LogP contribution in [0.2, 0.25) is 0 Å². The van der Waals surface area contributed by atoms with Gasteiger partial charge in [0, 0.05) is 0 Å². The molecule has 0 radical (unpaired) electrons. The zero-order valence-electron chi connectivity index (χ0n) is 10.1. The molecule has 1 amide bonds. The molecule has 1 aromatic carbocycles. The highest BCUT2D eigenvalue weighted by Gasteiger charge is 2.39. The lowest BCUT2D eigenvalue weighted by Gasteiger charge is -2.03. The molecule has 1 aromatic heterocycles. The second-order valence-electron chi connectivity index (χ2n) is 3.74. The van der Waals surface area contributed by atoms with Crippen LogP contribution in [0.5, 0.6) is 5.75 Å². The number of aromatic hydroxyl groups is 1. The second-order valence-corrected chi connectivity index (χ2v) is 4.49.